The molecule has 1 rings (SSSR count). The number of nitrogens with one attached hydrogen (secondary N) is 2. The van der Waals surface area contributed by atoms with Crippen LogP contribution in [0.3, 0.4) is 0 Å². The molecule has 12 heteroatoms. The number of aliphatic hydroxyl groups excluding tert-OH is 2. The fraction of sp³-hybridized carbons (Fsp3) is 0.778. The highest BCUT2D eigenvalue weighted by Crippen LogP contribution is 2.18. The SMILES string of the molecule is CC(O)C(NC(=O)C1CCCN1C(=O)C(N)CO)C(=O)NC(CCCCN)C(=O)O. The molecule has 3 amide bonds. The number of unbranched alkanes of at least 4 members (excludes halogenated alkanes) is 1. The molecular formula is C18H33N5O7. The Labute approximate surface area is 175 Å². The number of carbonyl (C=O) groups is 4. The van der Waals surface area contributed by atoms with E-state index in [1.54, 1.807) is 0 Å². The Morgan fingerprint density at radius 3 is 2.40 bits per heavy atom. The fourth-order valence-corrected chi connectivity index (χ4v) is 3.26. The minimum absolute atomic E-state index is 0.155. The lowest BCUT2D eigenvalue weighted by Crippen LogP contribution is -2.59. The number of carboxylic acids is 1. The number of rotatable bonds is 12. The number of nitrogens with zero attached hydrogens (tertiary/aromatic N) is 1. The topological polar surface area (TPSA) is 208 Å². The number of nitrogens with two attached hydrogens (primary N) is 2. The van der Waals surface area contributed by atoms with Crippen LogP contribution >= 0.6 is 0 Å². The van der Waals surface area contributed by atoms with Gasteiger partial charge in [-0.05, 0) is 45.6 Å². The summed E-state index contributed by atoms with van der Waals surface area (Å²) in [6.45, 7) is 1.39. The molecule has 0 aliphatic carbocycles. The van der Waals surface area contributed by atoms with E-state index in [1.165, 1.54) is 11.8 Å². The van der Waals surface area contributed by atoms with Gasteiger partial charge in [0.05, 0.1) is 12.7 Å². The minimum atomic E-state index is -1.40. The molecule has 12 nitrogen and oxygen atoms in total. The molecule has 1 saturated heterocycles. The second kappa shape index (κ2) is 12.4. The van der Waals surface area contributed by atoms with Gasteiger partial charge in [-0.15, -0.1) is 0 Å². The van der Waals surface area contributed by atoms with E-state index in [9.17, 15) is 29.4 Å². The first-order valence-electron chi connectivity index (χ1n) is 10.0. The van der Waals surface area contributed by atoms with E-state index >= 15 is 0 Å². The van der Waals surface area contributed by atoms with Crippen molar-refractivity contribution in [2.45, 2.75) is 69.3 Å². The van der Waals surface area contributed by atoms with E-state index in [1.807, 2.05) is 0 Å². The third kappa shape index (κ3) is 7.20. The highest BCUT2D eigenvalue weighted by Gasteiger charge is 2.38. The van der Waals surface area contributed by atoms with E-state index in [0.717, 1.165) is 0 Å². The van der Waals surface area contributed by atoms with E-state index in [2.05, 4.69) is 10.6 Å². The molecule has 1 fully saturated rings. The summed E-state index contributed by atoms with van der Waals surface area (Å²) in [4.78, 5) is 50.1. The molecule has 0 spiro atoms. The van der Waals surface area contributed by atoms with Gasteiger partial charge in [-0.2, -0.15) is 0 Å². The van der Waals surface area contributed by atoms with Crippen molar-refractivity contribution in [3.63, 3.8) is 0 Å². The van der Waals surface area contributed by atoms with Crippen LogP contribution in [0.5, 0.6) is 0 Å². The van der Waals surface area contributed by atoms with Gasteiger partial charge in [0.15, 0.2) is 0 Å². The van der Waals surface area contributed by atoms with Gasteiger partial charge in [0.25, 0.3) is 0 Å². The van der Waals surface area contributed by atoms with Crippen molar-refractivity contribution in [3.8, 4) is 0 Å². The summed E-state index contributed by atoms with van der Waals surface area (Å²) in [7, 11) is 0. The molecule has 9 N–H and O–H groups in total. The molecule has 0 aromatic rings. The number of hydrogen-bond acceptors (Lipinski definition) is 8. The van der Waals surface area contributed by atoms with Crippen LogP contribution in [0.1, 0.15) is 39.0 Å². The van der Waals surface area contributed by atoms with Crippen molar-refractivity contribution in [1.82, 2.24) is 15.5 Å². The monoisotopic (exact) mass is 431 g/mol. The van der Waals surface area contributed by atoms with E-state index in [0.29, 0.717) is 32.2 Å². The number of aliphatic hydroxyl groups is 2. The second-order valence-corrected chi connectivity index (χ2v) is 7.39. The van der Waals surface area contributed by atoms with Crippen LogP contribution < -0.4 is 22.1 Å². The summed E-state index contributed by atoms with van der Waals surface area (Å²) >= 11 is 0. The molecule has 0 aromatic heterocycles. The summed E-state index contributed by atoms with van der Waals surface area (Å²) < 4.78 is 0. The van der Waals surface area contributed by atoms with Crippen molar-refractivity contribution in [2.75, 3.05) is 19.7 Å². The maximum absolute atomic E-state index is 12.7. The van der Waals surface area contributed by atoms with Crippen molar-refractivity contribution >= 4 is 23.7 Å². The zero-order valence-electron chi connectivity index (χ0n) is 17.1. The standard InChI is InChI=1S/C18H33N5O7/c1-10(25)14(16(27)21-12(18(29)30)5-2-3-7-19)22-15(26)13-6-4-8-23(13)17(28)11(20)9-24/h10-14,24-25H,2-9,19-20H2,1H3,(H,21,27)(H,22,26)(H,29,30). The maximum atomic E-state index is 12.7. The van der Waals surface area contributed by atoms with Crippen LogP contribution in [0.2, 0.25) is 0 Å². The molecule has 1 aliphatic heterocycles. The van der Waals surface area contributed by atoms with Crippen molar-refractivity contribution in [1.29, 1.82) is 0 Å². The smallest absolute Gasteiger partial charge is 0.326 e. The normalized spacial score (nSPS) is 20.2. The molecule has 5 atom stereocenters. The quantitative estimate of drug-likeness (QED) is 0.155. The van der Waals surface area contributed by atoms with Crippen LogP contribution in [0, 0.1) is 0 Å². The molecule has 1 aliphatic rings. The second-order valence-electron chi connectivity index (χ2n) is 7.39. The molecule has 30 heavy (non-hydrogen) atoms. The van der Waals surface area contributed by atoms with Crippen LogP contribution in [0.15, 0.2) is 0 Å². The Morgan fingerprint density at radius 1 is 1.20 bits per heavy atom. The van der Waals surface area contributed by atoms with Crippen molar-refractivity contribution in [3.05, 3.63) is 0 Å². The average Bonchev–Trinajstić information content (AvgIpc) is 3.19. The Balaban J connectivity index is 2.82. The molecule has 0 saturated carbocycles. The number of amides is 3. The van der Waals surface area contributed by atoms with Crippen molar-refractivity contribution < 1.29 is 34.5 Å². The molecule has 5 unspecified atom stereocenters. The molecule has 0 bridgehead atoms. The molecule has 0 aromatic carbocycles. The summed E-state index contributed by atoms with van der Waals surface area (Å²) in [5.41, 5.74) is 10.9. The summed E-state index contributed by atoms with van der Waals surface area (Å²) in [5.74, 6) is -3.33. The number of carboxylic acid groups (broad SMARTS) is 1. The number of likely N-dealkylation sites (tertiary alicyclic amines) is 1. The molecule has 1 heterocycles. The van der Waals surface area contributed by atoms with Gasteiger partial charge in [0.1, 0.15) is 24.2 Å². The first kappa shape index (κ1) is 25.8. The first-order chi connectivity index (χ1) is 14.1. The molecule has 172 valence electrons. The zero-order chi connectivity index (χ0) is 22.8. The largest absolute Gasteiger partial charge is 0.480 e. The molecular weight excluding hydrogens is 398 g/mol. The third-order valence-corrected chi connectivity index (χ3v) is 4.98. The van der Waals surface area contributed by atoms with Gasteiger partial charge in [0, 0.05) is 6.54 Å². The number of hydrogen-bond donors (Lipinski definition) is 7. The average molecular weight is 431 g/mol. The Kier molecular flexibility index (Phi) is 10.7. The van der Waals surface area contributed by atoms with Gasteiger partial charge in [-0.1, -0.05) is 0 Å². The molecule has 0 radical (unpaired) electrons. The lowest BCUT2D eigenvalue weighted by molar-refractivity contribution is -0.144. The highest BCUT2D eigenvalue weighted by atomic mass is 16.4. The number of carbonyl (C=O) groups excluding carboxylic acids is 3. The van der Waals surface area contributed by atoms with Gasteiger partial charge in [-0.25, -0.2) is 4.79 Å². The summed E-state index contributed by atoms with van der Waals surface area (Å²) in [6.07, 6.45) is 0.804. The predicted molar refractivity (Wildman–Crippen MR) is 106 cm³/mol. The first-order valence-corrected chi connectivity index (χ1v) is 10.0. The van der Waals surface area contributed by atoms with Crippen LogP contribution in [-0.2, 0) is 19.2 Å². The Hall–Kier alpha value is -2.28. The van der Waals surface area contributed by atoms with Crippen LogP contribution in [0.25, 0.3) is 0 Å². The van der Waals surface area contributed by atoms with E-state index < -0.39 is 60.6 Å². The Bertz CT molecular complexity index is 616. The van der Waals surface area contributed by atoms with Gasteiger partial charge >= 0.3 is 5.97 Å². The van der Waals surface area contributed by atoms with Gasteiger partial charge in [-0.3, -0.25) is 14.4 Å². The zero-order valence-corrected chi connectivity index (χ0v) is 17.1. The van der Waals surface area contributed by atoms with Gasteiger partial charge in [0.2, 0.25) is 17.7 Å². The lowest BCUT2D eigenvalue weighted by atomic mass is 10.1. The third-order valence-electron chi connectivity index (χ3n) is 4.98. The Morgan fingerprint density at radius 2 is 1.87 bits per heavy atom. The van der Waals surface area contributed by atoms with Gasteiger partial charge < -0.3 is 42.3 Å². The van der Waals surface area contributed by atoms with E-state index in [-0.39, 0.29) is 13.0 Å². The van der Waals surface area contributed by atoms with E-state index in [4.69, 9.17) is 16.6 Å². The maximum Gasteiger partial charge on any atom is 0.326 e. The fourth-order valence-electron chi connectivity index (χ4n) is 3.26. The van der Waals surface area contributed by atoms with Crippen LogP contribution in [-0.4, -0.2) is 93.9 Å². The number of aliphatic carboxylic acids is 1. The predicted octanol–water partition coefficient (Wildman–Crippen LogP) is -3.14. The lowest BCUT2D eigenvalue weighted by Gasteiger charge is -2.29. The van der Waals surface area contributed by atoms with Crippen LogP contribution in [0.4, 0.5) is 0 Å². The highest BCUT2D eigenvalue weighted by molar-refractivity contribution is 5.94. The minimum Gasteiger partial charge on any atom is -0.480 e. The summed E-state index contributed by atoms with van der Waals surface area (Å²) in [6, 6.07) is -4.64. The van der Waals surface area contributed by atoms with Crippen molar-refractivity contribution in [2.24, 2.45) is 11.5 Å². The summed E-state index contributed by atoms with van der Waals surface area (Å²) in [5, 5.41) is 33.1.